The average molecular weight is 258 g/mol. The van der Waals surface area contributed by atoms with Crippen LogP contribution in [0.3, 0.4) is 0 Å². The van der Waals surface area contributed by atoms with E-state index in [1.807, 2.05) is 30.3 Å². The van der Waals surface area contributed by atoms with E-state index in [4.69, 9.17) is 0 Å². The summed E-state index contributed by atoms with van der Waals surface area (Å²) < 4.78 is 1.85. The van der Waals surface area contributed by atoms with Gasteiger partial charge in [-0.15, -0.1) is 0 Å². The lowest BCUT2D eigenvalue weighted by Gasteiger charge is -2.19. The van der Waals surface area contributed by atoms with E-state index in [1.54, 1.807) is 0 Å². The van der Waals surface area contributed by atoms with Crippen molar-refractivity contribution in [1.29, 1.82) is 0 Å². The molecular formula is C15H22N4. The van der Waals surface area contributed by atoms with Gasteiger partial charge in [0.2, 0.25) is 0 Å². The van der Waals surface area contributed by atoms with Crippen molar-refractivity contribution in [2.45, 2.75) is 32.7 Å². The number of pyridine rings is 1. The van der Waals surface area contributed by atoms with Gasteiger partial charge in [0.15, 0.2) is 0 Å². The molecule has 0 saturated carbocycles. The molecule has 19 heavy (non-hydrogen) atoms. The first-order valence-corrected chi connectivity index (χ1v) is 6.83. The quantitative estimate of drug-likeness (QED) is 0.865. The van der Waals surface area contributed by atoms with Crippen LogP contribution < -0.4 is 5.32 Å². The van der Waals surface area contributed by atoms with Crippen molar-refractivity contribution < 1.29 is 0 Å². The predicted molar refractivity (Wildman–Crippen MR) is 76.9 cm³/mol. The second-order valence-corrected chi connectivity index (χ2v) is 4.92. The van der Waals surface area contributed by atoms with Gasteiger partial charge in [-0.1, -0.05) is 6.92 Å². The normalized spacial score (nSPS) is 12.6. The van der Waals surface area contributed by atoms with E-state index in [-0.39, 0.29) is 6.04 Å². The summed E-state index contributed by atoms with van der Waals surface area (Å²) in [6, 6.07) is 4.42. The van der Waals surface area contributed by atoms with Gasteiger partial charge in [-0.2, -0.15) is 5.10 Å². The molecular weight excluding hydrogens is 236 g/mol. The van der Waals surface area contributed by atoms with Crippen molar-refractivity contribution in [3.63, 3.8) is 0 Å². The first-order chi connectivity index (χ1) is 9.20. The van der Waals surface area contributed by atoms with Crippen LogP contribution in [0.1, 0.15) is 36.2 Å². The number of nitrogens with zero attached hydrogens (tertiary/aromatic N) is 3. The maximum absolute atomic E-state index is 4.47. The molecule has 1 unspecified atom stereocenters. The Labute approximate surface area is 114 Å². The minimum absolute atomic E-state index is 0.281. The zero-order valence-corrected chi connectivity index (χ0v) is 11.9. The molecule has 4 nitrogen and oxygen atoms in total. The van der Waals surface area contributed by atoms with Crippen LogP contribution in [0.15, 0.2) is 30.7 Å². The van der Waals surface area contributed by atoms with Crippen molar-refractivity contribution in [2.75, 3.05) is 6.54 Å². The Morgan fingerprint density at radius 2 is 2.21 bits per heavy atom. The van der Waals surface area contributed by atoms with E-state index >= 15 is 0 Å². The molecule has 0 aromatic carbocycles. The van der Waals surface area contributed by atoms with Gasteiger partial charge >= 0.3 is 0 Å². The summed E-state index contributed by atoms with van der Waals surface area (Å²) in [5, 5.41) is 8.07. The maximum atomic E-state index is 4.47. The number of nitrogens with one attached hydrogen (secondary N) is 1. The summed E-state index contributed by atoms with van der Waals surface area (Å²) in [4.78, 5) is 4.26. The van der Waals surface area contributed by atoms with Crippen LogP contribution in [0.4, 0.5) is 0 Å². The van der Waals surface area contributed by atoms with E-state index in [0.29, 0.717) is 0 Å². The second-order valence-electron chi connectivity index (χ2n) is 4.92. The molecule has 0 saturated heterocycles. The van der Waals surface area contributed by atoms with Crippen molar-refractivity contribution in [3.05, 3.63) is 47.5 Å². The van der Waals surface area contributed by atoms with Crippen molar-refractivity contribution in [2.24, 2.45) is 7.05 Å². The summed E-state index contributed by atoms with van der Waals surface area (Å²) in [5.74, 6) is 0. The Balaban J connectivity index is 2.18. The number of hydrogen-bond acceptors (Lipinski definition) is 3. The minimum atomic E-state index is 0.281. The van der Waals surface area contributed by atoms with E-state index in [0.717, 1.165) is 25.1 Å². The molecule has 0 bridgehead atoms. The maximum Gasteiger partial charge on any atom is 0.0643 e. The zero-order valence-electron chi connectivity index (χ0n) is 11.9. The Hall–Kier alpha value is -1.68. The third kappa shape index (κ3) is 3.64. The van der Waals surface area contributed by atoms with Crippen LogP contribution >= 0.6 is 0 Å². The molecule has 0 amide bonds. The van der Waals surface area contributed by atoms with Crippen LogP contribution in [0.2, 0.25) is 0 Å². The number of rotatable bonds is 6. The topological polar surface area (TPSA) is 42.7 Å². The van der Waals surface area contributed by atoms with Crippen LogP contribution in [-0.4, -0.2) is 21.3 Å². The molecule has 2 aromatic heterocycles. The number of aromatic nitrogens is 3. The van der Waals surface area contributed by atoms with Gasteiger partial charge in [-0.25, -0.2) is 0 Å². The van der Waals surface area contributed by atoms with Gasteiger partial charge in [0.25, 0.3) is 0 Å². The number of hydrogen-bond donors (Lipinski definition) is 1. The first kappa shape index (κ1) is 13.7. The smallest absolute Gasteiger partial charge is 0.0643 e. The van der Waals surface area contributed by atoms with Gasteiger partial charge in [0, 0.05) is 38.1 Å². The highest BCUT2D eigenvalue weighted by Gasteiger charge is 2.15. The fraction of sp³-hybridized carbons (Fsp3) is 0.467. The molecule has 102 valence electrons. The van der Waals surface area contributed by atoms with Crippen molar-refractivity contribution in [1.82, 2.24) is 20.1 Å². The van der Waals surface area contributed by atoms with Crippen molar-refractivity contribution >= 4 is 0 Å². The predicted octanol–water partition coefficient (Wildman–Crippen LogP) is 2.41. The molecule has 2 heterocycles. The van der Waals surface area contributed by atoms with Gasteiger partial charge in [-0.05, 0) is 43.1 Å². The molecule has 0 aliphatic heterocycles. The van der Waals surface area contributed by atoms with Crippen LogP contribution in [0.25, 0.3) is 0 Å². The Kier molecular flexibility index (Phi) is 4.68. The zero-order chi connectivity index (χ0) is 13.7. The lowest BCUT2D eigenvalue weighted by molar-refractivity contribution is 0.518. The fourth-order valence-electron chi connectivity index (χ4n) is 2.23. The summed E-state index contributed by atoms with van der Waals surface area (Å²) in [6.45, 7) is 5.32. The Morgan fingerprint density at radius 3 is 2.84 bits per heavy atom. The molecule has 1 atom stereocenters. The van der Waals surface area contributed by atoms with E-state index in [9.17, 15) is 0 Å². The molecule has 2 rings (SSSR count). The SMILES string of the molecule is CCCNC(Cc1ccn(C)n1)c1cnccc1C. The summed E-state index contributed by atoms with van der Waals surface area (Å²) in [6.07, 6.45) is 7.82. The van der Waals surface area contributed by atoms with E-state index < -0.39 is 0 Å². The van der Waals surface area contributed by atoms with Gasteiger partial charge < -0.3 is 5.32 Å². The minimum Gasteiger partial charge on any atom is -0.310 e. The van der Waals surface area contributed by atoms with E-state index in [1.165, 1.54) is 11.1 Å². The molecule has 0 radical (unpaired) electrons. The molecule has 2 aromatic rings. The highest BCUT2D eigenvalue weighted by atomic mass is 15.2. The van der Waals surface area contributed by atoms with Gasteiger partial charge in [0.05, 0.1) is 5.69 Å². The fourth-order valence-corrected chi connectivity index (χ4v) is 2.23. The van der Waals surface area contributed by atoms with Crippen LogP contribution in [0.5, 0.6) is 0 Å². The molecule has 0 fully saturated rings. The highest BCUT2D eigenvalue weighted by Crippen LogP contribution is 2.20. The largest absolute Gasteiger partial charge is 0.310 e. The lowest BCUT2D eigenvalue weighted by Crippen LogP contribution is -2.25. The summed E-state index contributed by atoms with van der Waals surface area (Å²) >= 11 is 0. The first-order valence-electron chi connectivity index (χ1n) is 6.83. The molecule has 0 aliphatic carbocycles. The summed E-state index contributed by atoms with van der Waals surface area (Å²) in [7, 11) is 1.95. The molecule has 1 N–H and O–H groups in total. The Morgan fingerprint density at radius 1 is 1.37 bits per heavy atom. The molecule has 4 heteroatoms. The highest BCUT2D eigenvalue weighted by molar-refractivity contribution is 5.26. The third-order valence-electron chi connectivity index (χ3n) is 3.28. The second kappa shape index (κ2) is 6.48. The monoisotopic (exact) mass is 258 g/mol. The van der Waals surface area contributed by atoms with Crippen molar-refractivity contribution in [3.8, 4) is 0 Å². The average Bonchev–Trinajstić information content (AvgIpc) is 2.81. The third-order valence-corrected chi connectivity index (χ3v) is 3.28. The standard InChI is InChI=1S/C15H22N4/c1-4-7-17-15(10-13-6-9-19(3)18-13)14-11-16-8-5-12(14)2/h5-6,8-9,11,15,17H,4,7,10H2,1-3H3. The van der Waals surface area contributed by atoms with Crippen LogP contribution in [-0.2, 0) is 13.5 Å². The Bertz CT molecular complexity index is 518. The molecule has 0 spiro atoms. The van der Waals surface area contributed by atoms with Gasteiger partial charge in [-0.3, -0.25) is 9.67 Å². The summed E-state index contributed by atoms with van der Waals surface area (Å²) in [5.41, 5.74) is 3.65. The van der Waals surface area contributed by atoms with Gasteiger partial charge in [0.1, 0.15) is 0 Å². The molecule has 0 aliphatic rings. The van der Waals surface area contributed by atoms with Crippen LogP contribution in [0, 0.1) is 6.92 Å². The van der Waals surface area contributed by atoms with E-state index in [2.05, 4.69) is 41.4 Å². The lowest BCUT2D eigenvalue weighted by atomic mass is 9.99. The number of aryl methyl sites for hydroxylation is 2.